The fraction of sp³-hybridized carbons (Fsp3) is 0. The van der Waals surface area contributed by atoms with Crippen LogP contribution in [0.15, 0.2) is 223 Å². The first kappa shape index (κ1) is 35.5. The summed E-state index contributed by atoms with van der Waals surface area (Å²) in [6.45, 7) is 0. The van der Waals surface area contributed by atoms with E-state index in [1.54, 1.807) is 0 Å². The van der Waals surface area contributed by atoms with E-state index in [4.69, 9.17) is 19.4 Å². The highest BCUT2D eigenvalue weighted by atomic mass is 16.3. The summed E-state index contributed by atoms with van der Waals surface area (Å²) in [6.07, 6.45) is 0. The maximum Gasteiger partial charge on any atom is 0.164 e. The predicted molar refractivity (Wildman–Crippen MR) is 254 cm³/mol. The molecule has 0 aliphatic rings. The summed E-state index contributed by atoms with van der Waals surface area (Å²) in [4.78, 5) is 15.6. The van der Waals surface area contributed by atoms with Crippen LogP contribution in [0.1, 0.15) is 0 Å². The molecular weight excluding hydrogens is 757 g/mol. The third-order valence-corrected chi connectivity index (χ3v) is 11.8. The van der Waals surface area contributed by atoms with Gasteiger partial charge >= 0.3 is 0 Å². The minimum absolute atomic E-state index is 0.574. The van der Waals surface area contributed by atoms with Gasteiger partial charge in [-0.05, 0) is 81.9 Å². The number of hydrogen-bond donors (Lipinski definition) is 0. The van der Waals surface area contributed by atoms with Crippen LogP contribution in [0.3, 0.4) is 0 Å². The zero-order valence-electron chi connectivity index (χ0n) is 33.5. The summed E-state index contributed by atoms with van der Waals surface area (Å²) in [5, 5.41) is 4.35. The number of furan rings is 1. The largest absolute Gasteiger partial charge is 0.456 e. The van der Waals surface area contributed by atoms with Crippen molar-refractivity contribution in [3.8, 4) is 73.2 Å². The molecule has 0 unspecified atom stereocenters. The van der Waals surface area contributed by atoms with Gasteiger partial charge in [-0.3, -0.25) is 0 Å². The molecule has 0 atom stereocenters. The van der Waals surface area contributed by atoms with Gasteiger partial charge in [0.25, 0.3) is 0 Å². The van der Waals surface area contributed by atoms with Gasteiger partial charge in [0.2, 0.25) is 0 Å². The van der Waals surface area contributed by atoms with Crippen LogP contribution in [0.4, 0.5) is 0 Å². The van der Waals surface area contributed by atoms with Gasteiger partial charge in [0.15, 0.2) is 17.5 Å². The van der Waals surface area contributed by atoms with Crippen molar-refractivity contribution in [2.75, 3.05) is 0 Å². The summed E-state index contributed by atoms with van der Waals surface area (Å²) in [5.74, 6) is 1.78. The normalized spacial score (nSPS) is 11.5. The molecule has 12 aromatic rings. The summed E-state index contributed by atoms with van der Waals surface area (Å²) in [7, 11) is 0. The Labute approximate surface area is 357 Å². The number of fused-ring (bicyclic) bond motifs is 6. The second-order valence-electron chi connectivity index (χ2n) is 15.6. The Morgan fingerprint density at radius 2 is 0.855 bits per heavy atom. The Hall–Kier alpha value is -8.41. The highest BCUT2D eigenvalue weighted by molar-refractivity contribution is 6.14. The Balaban J connectivity index is 1.07. The van der Waals surface area contributed by atoms with E-state index in [2.05, 4.69) is 180 Å². The van der Waals surface area contributed by atoms with Crippen LogP contribution in [0.25, 0.3) is 117 Å². The molecule has 0 saturated carbocycles. The number of nitrogens with zero attached hydrogens (tertiary/aromatic N) is 4. The lowest BCUT2D eigenvalue weighted by Crippen LogP contribution is -2.01. The van der Waals surface area contributed by atoms with Crippen LogP contribution in [0.5, 0.6) is 0 Å². The van der Waals surface area contributed by atoms with Crippen molar-refractivity contribution in [2.24, 2.45) is 0 Å². The fourth-order valence-corrected chi connectivity index (χ4v) is 8.88. The molecule has 9 aromatic carbocycles. The summed E-state index contributed by atoms with van der Waals surface area (Å²) < 4.78 is 9.27. The van der Waals surface area contributed by atoms with Gasteiger partial charge < -0.3 is 8.98 Å². The number of hydrogen-bond acceptors (Lipinski definition) is 4. The molecule has 0 N–H and O–H groups in total. The lowest BCUT2D eigenvalue weighted by Gasteiger charge is -2.12. The van der Waals surface area contributed by atoms with Crippen molar-refractivity contribution >= 4 is 43.7 Å². The molecule has 0 amide bonds. The molecule has 290 valence electrons. The molecule has 5 heteroatoms. The number of benzene rings is 9. The van der Waals surface area contributed by atoms with Crippen LogP contribution >= 0.6 is 0 Å². The van der Waals surface area contributed by atoms with Gasteiger partial charge in [-0.25, -0.2) is 15.0 Å². The molecule has 62 heavy (non-hydrogen) atoms. The van der Waals surface area contributed by atoms with Crippen molar-refractivity contribution in [2.45, 2.75) is 0 Å². The standard InChI is InChI=1S/C57H36N4O/c1-5-16-37(17-6-1)41-24-15-25-43(32-41)56-58-55(40-22-11-4-12-23-40)59-57(60-56)49-34-44(39-20-9-3-10-21-39)35-53-54(49)47-30-29-45(36-52(47)62-53)61-50-27-14-13-26-46(50)48-33-42(28-31-51(48)61)38-18-7-2-8-19-38/h1-36H. The number of aromatic nitrogens is 4. The monoisotopic (exact) mass is 792 g/mol. The predicted octanol–water partition coefficient (Wildman–Crippen LogP) is 14.9. The van der Waals surface area contributed by atoms with Crippen LogP contribution in [0, 0.1) is 0 Å². The van der Waals surface area contributed by atoms with Gasteiger partial charge in [0.05, 0.1) is 11.0 Å². The molecule has 0 aliphatic heterocycles. The van der Waals surface area contributed by atoms with Gasteiger partial charge in [0.1, 0.15) is 11.2 Å². The SMILES string of the molecule is c1ccc(-c2cccc(-c3nc(-c4ccccc4)nc(-c4cc(-c5ccccc5)cc5oc6cc(-n7c8ccccc8c8cc(-c9ccccc9)ccc87)ccc6c45)n3)c2)cc1. The molecule has 0 bridgehead atoms. The second-order valence-corrected chi connectivity index (χ2v) is 15.6. The quantitative estimate of drug-likeness (QED) is 0.161. The topological polar surface area (TPSA) is 56.7 Å². The van der Waals surface area contributed by atoms with Crippen LogP contribution in [-0.4, -0.2) is 19.5 Å². The Morgan fingerprint density at radius 3 is 1.56 bits per heavy atom. The van der Waals surface area contributed by atoms with Gasteiger partial charge in [-0.2, -0.15) is 0 Å². The van der Waals surface area contributed by atoms with E-state index in [1.165, 1.54) is 21.9 Å². The molecule has 3 aromatic heterocycles. The lowest BCUT2D eigenvalue weighted by atomic mass is 9.98. The summed E-state index contributed by atoms with van der Waals surface area (Å²) in [6, 6.07) is 76.2. The highest BCUT2D eigenvalue weighted by Gasteiger charge is 2.21. The molecule has 0 fully saturated rings. The van der Waals surface area contributed by atoms with Crippen LogP contribution in [0.2, 0.25) is 0 Å². The van der Waals surface area contributed by atoms with Crippen molar-refractivity contribution in [1.82, 2.24) is 19.5 Å². The minimum atomic E-state index is 0.574. The zero-order valence-corrected chi connectivity index (χ0v) is 33.5. The van der Waals surface area contributed by atoms with Gasteiger partial charge in [-0.15, -0.1) is 0 Å². The maximum absolute atomic E-state index is 6.93. The zero-order chi connectivity index (χ0) is 41.0. The van der Waals surface area contributed by atoms with Crippen molar-refractivity contribution < 1.29 is 4.42 Å². The van der Waals surface area contributed by atoms with Crippen LogP contribution < -0.4 is 0 Å². The van der Waals surface area contributed by atoms with E-state index in [-0.39, 0.29) is 0 Å². The third kappa shape index (κ3) is 6.14. The molecule has 12 rings (SSSR count). The smallest absolute Gasteiger partial charge is 0.164 e. The van der Waals surface area contributed by atoms with E-state index in [9.17, 15) is 0 Å². The molecule has 0 radical (unpaired) electrons. The summed E-state index contributed by atoms with van der Waals surface area (Å²) in [5.41, 5.74) is 14.2. The Bertz CT molecular complexity index is 3610. The molecule has 0 spiro atoms. The Morgan fingerprint density at radius 1 is 0.306 bits per heavy atom. The van der Waals surface area contributed by atoms with Crippen molar-refractivity contribution in [3.63, 3.8) is 0 Å². The average Bonchev–Trinajstić information content (AvgIpc) is 3.89. The van der Waals surface area contributed by atoms with Gasteiger partial charge in [0, 0.05) is 50.0 Å². The Kier molecular flexibility index (Phi) is 8.42. The third-order valence-electron chi connectivity index (χ3n) is 11.8. The van der Waals surface area contributed by atoms with E-state index in [1.807, 2.05) is 42.5 Å². The molecule has 0 aliphatic carbocycles. The first-order valence-corrected chi connectivity index (χ1v) is 20.8. The minimum Gasteiger partial charge on any atom is -0.456 e. The fourth-order valence-electron chi connectivity index (χ4n) is 8.88. The summed E-state index contributed by atoms with van der Waals surface area (Å²) >= 11 is 0. The van der Waals surface area contributed by atoms with E-state index in [0.29, 0.717) is 17.5 Å². The number of para-hydroxylation sites is 1. The number of rotatable bonds is 7. The average molecular weight is 793 g/mol. The van der Waals surface area contributed by atoms with E-state index in [0.717, 1.165) is 77.6 Å². The van der Waals surface area contributed by atoms with E-state index < -0.39 is 0 Å². The van der Waals surface area contributed by atoms with Crippen molar-refractivity contribution in [1.29, 1.82) is 0 Å². The van der Waals surface area contributed by atoms with Crippen molar-refractivity contribution in [3.05, 3.63) is 218 Å². The molecule has 0 saturated heterocycles. The van der Waals surface area contributed by atoms with Gasteiger partial charge in [-0.1, -0.05) is 164 Å². The maximum atomic E-state index is 6.93. The second kappa shape index (κ2) is 14.7. The lowest BCUT2D eigenvalue weighted by molar-refractivity contribution is 0.669. The molecule has 5 nitrogen and oxygen atoms in total. The first-order chi connectivity index (χ1) is 30.7. The first-order valence-electron chi connectivity index (χ1n) is 20.8. The highest BCUT2D eigenvalue weighted by Crippen LogP contribution is 2.42. The molecular formula is C57H36N4O. The molecule has 3 heterocycles. The van der Waals surface area contributed by atoms with E-state index >= 15 is 0 Å². The van der Waals surface area contributed by atoms with Crippen LogP contribution in [-0.2, 0) is 0 Å².